The van der Waals surface area contributed by atoms with Crippen LogP contribution in [0.4, 0.5) is 5.69 Å². The number of rotatable bonds is 12. The first kappa shape index (κ1) is 25.3. The summed E-state index contributed by atoms with van der Waals surface area (Å²) in [5.41, 5.74) is 7.83. The van der Waals surface area contributed by atoms with Crippen molar-refractivity contribution in [1.29, 1.82) is 0 Å². The van der Waals surface area contributed by atoms with Crippen LogP contribution in [-0.4, -0.2) is 30.8 Å². The van der Waals surface area contributed by atoms with Gasteiger partial charge >= 0.3 is 5.97 Å². The zero-order valence-electron chi connectivity index (χ0n) is 18.5. The van der Waals surface area contributed by atoms with Gasteiger partial charge in [-0.15, -0.1) is 0 Å². The van der Waals surface area contributed by atoms with E-state index in [0.29, 0.717) is 47.3 Å². The molecule has 1 atom stereocenters. The summed E-state index contributed by atoms with van der Waals surface area (Å²) in [5, 5.41) is 16.5. The van der Waals surface area contributed by atoms with Crippen molar-refractivity contribution in [3.8, 4) is 0 Å². The highest BCUT2D eigenvalue weighted by molar-refractivity contribution is 6.38. The lowest BCUT2D eigenvalue weighted by Gasteiger charge is -2.14. The van der Waals surface area contributed by atoms with Crippen LogP contribution in [-0.2, 0) is 16.0 Å². The molecule has 0 spiro atoms. The van der Waals surface area contributed by atoms with Crippen LogP contribution in [0.1, 0.15) is 42.9 Å². The molecule has 0 aliphatic carbocycles. The van der Waals surface area contributed by atoms with E-state index in [9.17, 15) is 9.90 Å². The lowest BCUT2D eigenvalue weighted by Crippen LogP contribution is -2.22. The molecule has 0 radical (unpaired) electrons. The largest absolute Gasteiger partial charge is 0.466 e. The van der Waals surface area contributed by atoms with Gasteiger partial charge < -0.3 is 20.9 Å². The summed E-state index contributed by atoms with van der Waals surface area (Å²) < 4.78 is 5.38. The molecule has 3 aromatic rings. The standard InChI is InChI=1S/C26H30Cl2N2O3/c27-22-15-20(16-23(28)26(22)29)24(31)17-30-13-4-1-5-14-33-25(32)12-11-19-9-6-8-18-7-2-3-10-21(18)19/h2-3,6-10,15-16,24,30-31H,1,4-5,11-14,17,29H2. The average Bonchev–Trinajstić information content (AvgIpc) is 2.82. The van der Waals surface area contributed by atoms with E-state index in [1.54, 1.807) is 12.1 Å². The van der Waals surface area contributed by atoms with Gasteiger partial charge in [-0.3, -0.25) is 4.79 Å². The van der Waals surface area contributed by atoms with E-state index < -0.39 is 6.10 Å². The molecule has 7 heteroatoms. The fourth-order valence-corrected chi connectivity index (χ4v) is 4.19. The number of unbranched alkanes of at least 4 members (excludes halogenated alkanes) is 2. The number of nitrogens with two attached hydrogens (primary N) is 1. The quantitative estimate of drug-likeness (QED) is 0.173. The molecule has 0 aliphatic heterocycles. The molecule has 0 heterocycles. The number of benzene rings is 3. The fraction of sp³-hybridized carbons (Fsp3) is 0.346. The lowest BCUT2D eigenvalue weighted by atomic mass is 10.0. The van der Waals surface area contributed by atoms with E-state index >= 15 is 0 Å². The number of hydrogen-bond acceptors (Lipinski definition) is 5. The number of carbonyl (C=O) groups excluding carboxylic acids is 1. The second-order valence-corrected chi connectivity index (χ2v) is 8.85. The first-order valence-corrected chi connectivity index (χ1v) is 12.0. The molecule has 3 rings (SSSR count). The van der Waals surface area contributed by atoms with Crippen molar-refractivity contribution in [2.24, 2.45) is 0 Å². The van der Waals surface area contributed by atoms with E-state index in [4.69, 9.17) is 33.7 Å². The maximum absolute atomic E-state index is 12.1. The molecular formula is C26H30Cl2N2O3. The van der Waals surface area contributed by atoms with Crippen LogP contribution in [0, 0.1) is 0 Å². The minimum Gasteiger partial charge on any atom is -0.466 e. The predicted molar refractivity (Wildman–Crippen MR) is 136 cm³/mol. The Morgan fingerprint density at radius 1 is 1.03 bits per heavy atom. The summed E-state index contributed by atoms with van der Waals surface area (Å²) in [6, 6.07) is 17.6. The average molecular weight is 489 g/mol. The second kappa shape index (κ2) is 12.8. The molecule has 0 aliphatic rings. The van der Waals surface area contributed by atoms with Crippen molar-refractivity contribution in [2.45, 2.75) is 38.2 Å². The third-order valence-electron chi connectivity index (χ3n) is 5.56. The molecule has 0 fully saturated rings. The predicted octanol–water partition coefficient (Wildman–Crippen LogP) is 5.70. The van der Waals surface area contributed by atoms with Crippen molar-refractivity contribution < 1.29 is 14.6 Å². The number of nitrogens with one attached hydrogen (secondary N) is 1. The van der Waals surface area contributed by atoms with E-state index in [1.165, 1.54) is 16.3 Å². The van der Waals surface area contributed by atoms with E-state index in [-0.39, 0.29) is 5.97 Å². The van der Waals surface area contributed by atoms with Gasteiger partial charge in [0.15, 0.2) is 0 Å². The van der Waals surface area contributed by atoms with Gasteiger partial charge in [0.1, 0.15) is 0 Å². The molecule has 0 saturated heterocycles. The van der Waals surface area contributed by atoms with Gasteiger partial charge in [-0.1, -0.05) is 65.7 Å². The Morgan fingerprint density at radius 2 is 1.76 bits per heavy atom. The number of carbonyl (C=O) groups is 1. The highest BCUT2D eigenvalue weighted by Gasteiger charge is 2.12. The molecule has 3 aromatic carbocycles. The fourth-order valence-electron chi connectivity index (χ4n) is 3.69. The van der Waals surface area contributed by atoms with Crippen molar-refractivity contribution in [1.82, 2.24) is 5.32 Å². The van der Waals surface area contributed by atoms with Crippen LogP contribution in [0.25, 0.3) is 10.8 Å². The Balaban J connectivity index is 1.25. The number of ether oxygens (including phenoxy) is 1. The topological polar surface area (TPSA) is 84.6 Å². The first-order chi connectivity index (χ1) is 16.0. The highest BCUT2D eigenvalue weighted by Crippen LogP contribution is 2.31. The van der Waals surface area contributed by atoms with Gasteiger partial charge in [0.05, 0.1) is 28.4 Å². The summed E-state index contributed by atoms with van der Waals surface area (Å²) >= 11 is 12.0. The molecule has 5 nitrogen and oxygen atoms in total. The van der Waals surface area contributed by atoms with Crippen LogP contribution in [0.5, 0.6) is 0 Å². The number of nitrogen functional groups attached to an aromatic ring is 1. The number of fused-ring (bicyclic) bond motifs is 1. The SMILES string of the molecule is Nc1c(Cl)cc(C(O)CNCCCCCOC(=O)CCc2cccc3ccccc23)cc1Cl. The van der Waals surface area contributed by atoms with Crippen molar-refractivity contribution >= 4 is 45.6 Å². The summed E-state index contributed by atoms with van der Waals surface area (Å²) in [7, 11) is 0. The Labute approximate surface area is 204 Å². The van der Waals surface area contributed by atoms with E-state index in [2.05, 4.69) is 29.6 Å². The Morgan fingerprint density at radius 3 is 2.55 bits per heavy atom. The minimum atomic E-state index is -0.719. The first-order valence-electron chi connectivity index (χ1n) is 11.2. The van der Waals surface area contributed by atoms with Crippen molar-refractivity contribution in [2.75, 3.05) is 25.4 Å². The third kappa shape index (κ3) is 7.61. The molecule has 4 N–H and O–H groups in total. The lowest BCUT2D eigenvalue weighted by molar-refractivity contribution is -0.143. The summed E-state index contributed by atoms with van der Waals surface area (Å²) in [6.45, 7) is 1.57. The molecule has 33 heavy (non-hydrogen) atoms. The maximum Gasteiger partial charge on any atom is 0.306 e. The Kier molecular flexibility index (Phi) is 9.82. The number of anilines is 1. The van der Waals surface area contributed by atoms with Gasteiger partial charge in [-0.25, -0.2) is 0 Å². The zero-order valence-corrected chi connectivity index (χ0v) is 20.0. The Hall–Kier alpha value is -2.31. The van der Waals surface area contributed by atoms with Gasteiger partial charge in [0.2, 0.25) is 0 Å². The van der Waals surface area contributed by atoms with Crippen LogP contribution in [0.15, 0.2) is 54.6 Å². The maximum atomic E-state index is 12.1. The normalized spacial score (nSPS) is 12.1. The van der Waals surface area contributed by atoms with Crippen LogP contribution < -0.4 is 11.1 Å². The molecule has 1 unspecified atom stereocenters. The van der Waals surface area contributed by atoms with Crippen molar-refractivity contribution in [3.63, 3.8) is 0 Å². The zero-order chi connectivity index (χ0) is 23.6. The van der Waals surface area contributed by atoms with Crippen molar-refractivity contribution in [3.05, 3.63) is 75.8 Å². The van der Waals surface area contributed by atoms with E-state index in [0.717, 1.165) is 25.8 Å². The number of aryl methyl sites for hydroxylation is 1. The summed E-state index contributed by atoms with van der Waals surface area (Å²) in [6.07, 6.45) is 3.00. The second-order valence-electron chi connectivity index (χ2n) is 8.04. The third-order valence-corrected chi connectivity index (χ3v) is 6.19. The molecule has 176 valence electrons. The van der Waals surface area contributed by atoms with Gasteiger partial charge in [-0.2, -0.15) is 0 Å². The summed E-state index contributed by atoms with van der Waals surface area (Å²) in [5.74, 6) is -0.162. The van der Waals surface area contributed by atoms with Crippen LogP contribution in [0.3, 0.4) is 0 Å². The monoisotopic (exact) mass is 488 g/mol. The number of aliphatic hydroxyl groups is 1. The molecule has 0 aromatic heterocycles. The van der Waals surface area contributed by atoms with Gasteiger partial charge in [0.25, 0.3) is 0 Å². The highest BCUT2D eigenvalue weighted by atomic mass is 35.5. The summed E-state index contributed by atoms with van der Waals surface area (Å²) in [4.78, 5) is 12.1. The number of hydrogen-bond donors (Lipinski definition) is 3. The van der Waals surface area contributed by atoms with E-state index in [1.807, 2.05) is 18.2 Å². The number of esters is 1. The smallest absolute Gasteiger partial charge is 0.306 e. The number of halogens is 2. The molecular weight excluding hydrogens is 459 g/mol. The van der Waals surface area contributed by atoms with Crippen LogP contribution in [0.2, 0.25) is 10.0 Å². The molecule has 0 bridgehead atoms. The Bertz CT molecular complexity index is 1050. The van der Waals surface area contributed by atoms with Gasteiger partial charge in [0, 0.05) is 13.0 Å². The minimum absolute atomic E-state index is 0.162. The van der Waals surface area contributed by atoms with Gasteiger partial charge in [-0.05, 0) is 66.3 Å². The number of aliphatic hydroxyl groups excluding tert-OH is 1. The van der Waals surface area contributed by atoms with Crippen LogP contribution >= 0.6 is 23.2 Å². The molecule has 0 saturated carbocycles. The molecule has 0 amide bonds.